The van der Waals surface area contributed by atoms with E-state index in [9.17, 15) is 4.79 Å². The molecule has 0 fully saturated rings. The molecule has 0 atom stereocenters. The van der Waals surface area contributed by atoms with E-state index < -0.39 is 0 Å². The number of imidazole rings is 1. The maximum absolute atomic E-state index is 11.7. The Kier molecular flexibility index (Phi) is 3.96. The van der Waals surface area contributed by atoms with Gasteiger partial charge in [0, 0.05) is 24.6 Å². The van der Waals surface area contributed by atoms with Gasteiger partial charge in [0.15, 0.2) is 0 Å². The second-order valence-electron chi connectivity index (χ2n) is 3.61. The lowest BCUT2D eigenvalue weighted by Crippen LogP contribution is -2.26. The van der Waals surface area contributed by atoms with Crippen LogP contribution in [0.4, 0.5) is 0 Å². The lowest BCUT2D eigenvalue weighted by atomic mass is 10.2. The number of nitrogens with zero attached hydrogens (tertiary/aromatic N) is 2. The predicted molar refractivity (Wildman–Crippen MR) is 68.0 cm³/mol. The Hall–Kier alpha value is -1.85. The Bertz CT molecular complexity index is 540. The summed E-state index contributed by atoms with van der Waals surface area (Å²) < 4.78 is 1.79. The summed E-state index contributed by atoms with van der Waals surface area (Å²) >= 11 is 6.06. The van der Waals surface area contributed by atoms with Crippen LogP contribution in [0.15, 0.2) is 36.9 Å². The zero-order valence-electron chi connectivity index (χ0n) is 9.51. The Morgan fingerprint density at radius 3 is 2.94 bits per heavy atom. The first kappa shape index (κ1) is 12.6. The Morgan fingerprint density at radius 2 is 2.33 bits per heavy atom. The van der Waals surface area contributed by atoms with Gasteiger partial charge in [-0.05, 0) is 18.2 Å². The van der Waals surface area contributed by atoms with Crippen molar-refractivity contribution in [2.45, 2.75) is 0 Å². The number of benzene rings is 1. The number of carbonyl (C=O) groups is 1. The van der Waals surface area contributed by atoms with Crippen molar-refractivity contribution in [3.8, 4) is 5.69 Å². The first-order valence-electron chi connectivity index (χ1n) is 5.39. The molecule has 2 aromatic rings. The normalized spacial score (nSPS) is 10.3. The largest absolute Gasteiger partial charge is 0.395 e. The first-order valence-corrected chi connectivity index (χ1v) is 5.77. The van der Waals surface area contributed by atoms with Crippen LogP contribution in [-0.2, 0) is 0 Å². The summed E-state index contributed by atoms with van der Waals surface area (Å²) in [6, 6.07) is 5.11. The molecule has 0 spiro atoms. The molecule has 0 unspecified atom stereocenters. The van der Waals surface area contributed by atoms with Crippen molar-refractivity contribution in [1.82, 2.24) is 14.9 Å². The summed E-state index contributed by atoms with van der Waals surface area (Å²) in [4.78, 5) is 15.6. The SMILES string of the molecule is O=C(NCCO)c1ccc(-n2ccnc2)cc1Cl. The van der Waals surface area contributed by atoms with E-state index in [2.05, 4.69) is 10.3 Å². The first-order chi connectivity index (χ1) is 8.72. The highest BCUT2D eigenvalue weighted by atomic mass is 35.5. The van der Waals surface area contributed by atoms with Crippen molar-refractivity contribution in [3.05, 3.63) is 47.5 Å². The molecule has 5 nitrogen and oxygen atoms in total. The molecule has 0 radical (unpaired) electrons. The lowest BCUT2D eigenvalue weighted by Gasteiger charge is -2.08. The van der Waals surface area contributed by atoms with Crippen LogP contribution in [0, 0.1) is 0 Å². The minimum atomic E-state index is -0.300. The monoisotopic (exact) mass is 265 g/mol. The number of halogens is 1. The molecule has 1 amide bonds. The highest BCUT2D eigenvalue weighted by molar-refractivity contribution is 6.34. The average molecular weight is 266 g/mol. The molecule has 6 heteroatoms. The number of hydrogen-bond acceptors (Lipinski definition) is 3. The van der Waals surface area contributed by atoms with Crippen molar-refractivity contribution in [2.24, 2.45) is 0 Å². The van der Waals surface area contributed by atoms with Gasteiger partial charge in [-0.25, -0.2) is 4.98 Å². The van der Waals surface area contributed by atoms with Crippen LogP contribution >= 0.6 is 11.6 Å². The Morgan fingerprint density at radius 1 is 1.50 bits per heavy atom. The number of aliphatic hydroxyl groups excluding tert-OH is 1. The molecule has 0 saturated carbocycles. The minimum Gasteiger partial charge on any atom is -0.395 e. The summed E-state index contributed by atoms with van der Waals surface area (Å²) in [5.41, 5.74) is 1.21. The fraction of sp³-hybridized carbons (Fsp3) is 0.167. The fourth-order valence-corrected chi connectivity index (χ4v) is 1.79. The average Bonchev–Trinajstić information content (AvgIpc) is 2.89. The Labute approximate surface area is 109 Å². The number of hydrogen-bond donors (Lipinski definition) is 2. The molecule has 2 rings (SSSR count). The quantitative estimate of drug-likeness (QED) is 0.874. The van der Waals surface area contributed by atoms with Crippen molar-refractivity contribution < 1.29 is 9.90 Å². The number of aliphatic hydroxyl groups is 1. The van der Waals surface area contributed by atoms with E-state index in [0.717, 1.165) is 5.69 Å². The molecule has 18 heavy (non-hydrogen) atoms. The highest BCUT2D eigenvalue weighted by Gasteiger charge is 2.10. The van der Waals surface area contributed by atoms with Gasteiger partial charge in [0.25, 0.3) is 5.91 Å². The molecule has 1 heterocycles. The van der Waals surface area contributed by atoms with E-state index in [-0.39, 0.29) is 19.1 Å². The molecule has 0 aliphatic heterocycles. The molecule has 0 aliphatic carbocycles. The van der Waals surface area contributed by atoms with E-state index in [1.807, 2.05) is 0 Å². The number of rotatable bonds is 4. The maximum Gasteiger partial charge on any atom is 0.252 e. The molecular weight excluding hydrogens is 254 g/mol. The minimum absolute atomic E-state index is 0.101. The smallest absolute Gasteiger partial charge is 0.252 e. The summed E-state index contributed by atoms with van der Waals surface area (Å²) in [5, 5.41) is 11.6. The van der Waals surface area contributed by atoms with E-state index in [0.29, 0.717) is 10.6 Å². The number of aromatic nitrogens is 2. The molecule has 1 aromatic carbocycles. The van der Waals surface area contributed by atoms with Gasteiger partial charge in [0.05, 0.1) is 23.5 Å². The molecule has 0 bridgehead atoms. The molecule has 94 valence electrons. The van der Waals surface area contributed by atoms with E-state index in [1.165, 1.54) is 0 Å². The van der Waals surface area contributed by atoms with Crippen molar-refractivity contribution in [2.75, 3.05) is 13.2 Å². The third-order valence-corrected chi connectivity index (χ3v) is 2.71. The van der Waals surface area contributed by atoms with Crippen molar-refractivity contribution in [3.63, 3.8) is 0 Å². The number of carbonyl (C=O) groups excluding carboxylic acids is 1. The van der Waals surface area contributed by atoms with Gasteiger partial charge in [0.2, 0.25) is 0 Å². The lowest BCUT2D eigenvalue weighted by molar-refractivity contribution is 0.0945. The summed E-state index contributed by atoms with van der Waals surface area (Å²) in [6.45, 7) is 0.106. The fourth-order valence-electron chi connectivity index (χ4n) is 1.53. The van der Waals surface area contributed by atoms with E-state index in [1.54, 1.807) is 41.5 Å². The van der Waals surface area contributed by atoms with Gasteiger partial charge in [-0.2, -0.15) is 0 Å². The van der Waals surface area contributed by atoms with Crippen molar-refractivity contribution >= 4 is 17.5 Å². The zero-order valence-corrected chi connectivity index (χ0v) is 10.3. The van der Waals surface area contributed by atoms with E-state index in [4.69, 9.17) is 16.7 Å². The van der Waals surface area contributed by atoms with E-state index >= 15 is 0 Å². The standard InChI is InChI=1S/C12H12ClN3O2/c13-11-7-9(16-5-3-14-8-16)1-2-10(11)12(18)15-4-6-17/h1-3,5,7-8,17H,4,6H2,(H,15,18). The maximum atomic E-state index is 11.7. The molecule has 1 aromatic heterocycles. The highest BCUT2D eigenvalue weighted by Crippen LogP contribution is 2.20. The van der Waals surface area contributed by atoms with Gasteiger partial charge in [0.1, 0.15) is 0 Å². The predicted octanol–water partition coefficient (Wildman–Crippen LogP) is 1.25. The molecule has 2 N–H and O–H groups in total. The number of nitrogens with one attached hydrogen (secondary N) is 1. The van der Waals surface area contributed by atoms with Crippen LogP contribution in [0.1, 0.15) is 10.4 Å². The van der Waals surface area contributed by atoms with Gasteiger partial charge in [-0.15, -0.1) is 0 Å². The van der Waals surface area contributed by atoms with Gasteiger partial charge < -0.3 is 15.0 Å². The van der Waals surface area contributed by atoms with Gasteiger partial charge in [-0.1, -0.05) is 11.6 Å². The third kappa shape index (κ3) is 2.69. The zero-order chi connectivity index (χ0) is 13.0. The van der Waals surface area contributed by atoms with Crippen LogP contribution < -0.4 is 5.32 Å². The number of amides is 1. The van der Waals surface area contributed by atoms with Crippen LogP contribution in [0.5, 0.6) is 0 Å². The summed E-state index contributed by atoms with van der Waals surface area (Å²) in [5.74, 6) is -0.300. The second kappa shape index (κ2) is 5.66. The van der Waals surface area contributed by atoms with Crippen molar-refractivity contribution in [1.29, 1.82) is 0 Å². The van der Waals surface area contributed by atoms with Gasteiger partial charge >= 0.3 is 0 Å². The van der Waals surface area contributed by atoms with Crippen LogP contribution in [0.2, 0.25) is 5.02 Å². The summed E-state index contributed by atoms with van der Waals surface area (Å²) in [7, 11) is 0. The summed E-state index contributed by atoms with van der Waals surface area (Å²) in [6.07, 6.45) is 5.10. The van der Waals surface area contributed by atoms with Crippen LogP contribution in [0.25, 0.3) is 5.69 Å². The Balaban J connectivity index is 2.23. The van der Waals surface area contributed by atoms with Crippen LogP contribution in [-0.4, -0.2) is 33.7 Å². The topological polar surface area (TPSA) is 67.2 Å². The molecular formula is C12H12ClN3O2. The second-order valence-corrected chi connectivity index (χ2v) is 4.02. The van der Waals surface area contributed by atoms with Gasteiger partial charge in [-0.3, -0.25) is 4.79 Å². The third-order valence-electron chi connectivity index (χ3n) is 2.40. The molecule has 0 aliphatic rings. The molecule has 0 saturated heterocycles. The van der Waals surface area contributed by atoms with Crippen LogP contribution in [0.3, 0.4) is 0 Å².